The molecule has 6 atom stereocenters. The van der Waals surface area contributed by atoms with Gasteiger partial charge in [0.1, 0.15) is 18.0 Å². The van der Waals surface area contributed by atoms with Gasteiger partial charge < -0.3 is 9.47 Å². The van der Waals surface area contributed by atoms with Crippen molar-refractivity contribution < 1.29 is 23.9 Å². The number of ketones is 1. The van der Waals surface area contributed by atoms with Gasteiger partial charge in [0.15, 0.2) is 0 Å². The van der Waals surface area contributed by atoms with Crippen LogP contribution in [-0.4, -0.2) is 30.4 Å². The van der Waals surface area contributed by atoms with Gasteiger partial charge in [-0.1, -0.05) is 20.8 Å². The predicted molar refractivity (Wildman–Crippen MR) is 77.7 cm³/mol. The van der Waals surface area contributed by atoms with Gasteiger partial charge in [-0.25, -0.2) is 0 Å². The van der Waals surface area contributed by atoms with Crippen LogP contribution in [-0.2, 0) is 23.9 Å². The molecule has 5 nitrogen and oxygen atoms in total. The maximum atomic E-state index is 12.1. The van der Waals surface area contributed by atoms with Gasteiger partial charge in [-0.05, 0) is 12.3 Å². The highest BCUT2D eigenvalue weighted by Gasteiger charge is 2.70. The third-order valence-corrected chi connectivity index (χ3v) is 6.21. The van der Waals surface area contributed by atoms with Gasteiger partial charge in [-0.2, -0.15) is 0 Å². The lowest BCUT2D eigenvalue weighted by atomic mass is 9.67. The SMILES string of the molecule is CC(=O)O[C@@H]1[C@@H]2[C@H](CC1(C)C)[C@H]1CC(=O)C[C@]2(C)[C@H]1OC=O. The molecule has 0 heterocycles. The van der Waals surface area contributed by atoms with Gasteiger partial charge in [0, 0.05) is 42.4 Å². The number of rotatable bonds is 3. The Bertz CT molecular complexity index is 525. The zero-order valence-electron chi connectivity index (χ0n) is 13.6. The van der Waals surface area contributed by atoms with Crippen molar-refractivity contribution in [3.63, 3.8) is 0 Å². The van der Waals surface area contributed by atoms with E-state index >= 15 is 0 Å². The predicted octanol–water partition coefficient (Wildman–Crippen LogP) is 2.12. The van der Waals surface area contributed by atoms with Gasteiger partial charge in [0.05, 0.1) is 0 Å². The fourth-order valence-corrected chi connectivity index (χ4v) is 5.68. The second kappa shape index (κ2) is 4.80. The molecule has 3 aliphatic carbocycles. The van der Waals surface area contributed by atoms with E-state index in [9.17, 15) is 14.4 Å². The van der Waals surface area contributed by atoms with Crippen LogP contribution in [0.2, 0.25) is 0 Å². The number of carbonyl (C=O) groups is 3. The van der Waals surface area contributed by atoms with E-state index in [1.54, 1.807) is 0 Å². The molecule has 3 fully saturated rings. The molecule has 0 amide bonds. The van der Waals surface area contributed by atoms with Gasteiger partial charge in [0.2, 0.25) is 0 Å². The summed E-state index contributed by atoms with van der Waals surface area (Å²) in [5.41, 5.74) is -0.549. The Labute approximate surface area is 130 Å². The Balaban J connectivity index is 2.03. The van der Waals surface area contributed by atoms with Crippen LogP contribution < -0.4 is 0 Å². The highest BCUT2D eigenvalue weighted by molar-refractivity contribution is 5.81. The quantitative estimate of drug-likeness (QED) is 0.590. The van der Waals surface area contributed by atoms with Crippen molar-refractivity contribution in [2.45, 2.75) is 59.2 Å². The summed E-state index contributed by atoms with van der Waals surface area (Å²) in [4.78, 5) is 34.6. The summed E-state index contributed by atoms with van der Waals surface area (Å²) < 4.78 is 11.1. The van der Waals surface area contributed by atoms with E-state index in [-0.39, 0.29) is 47.1 Å². The van der Waals surface area contributed by atoms with E-state index in [1.165, 1.54) is 6.92 Å². The van der Waals surface area contributed by atoms with Crippen LogP contribution in [0.5, 0.6) is 0 Å². The average molecular weight is 308 g/mol. The van der Waals surface area contributed by atoms with Gasteiger partial charge >= 0.3 is 5.97 Å². The molecule has 0 aromatic rings. The van der Waals surface area contributed by atoms with E-state index in [0.29, 0.717) is 19.3 Å². The standard InChI is InChI=1S/C17H24O5/c1-9(19)22-15-13-12(7-16(15,2)3)11-5-10(20)6-17(13,4)14(11)21-8-18/h8,11-15H,5-7H2,1-4H3/t11-,12-,13+,14+,15-,17+/m1/s1. The van der Waals surface area contributed by atoms with E-state index < -0.39 is 5.41 Å². The Morgan fingerprint density at radius 1 is 1.23 bits per heavy atom. The monoisotopic (exact) mass is 308 g/mol. The fraction of sp³-hybridized carbons (Fsp3) is 0.824. The first-order valence-electron chi connectivity index (χ1n) is 7.99. The Morgan fingerprint density at radius 3 is 2.50 bits per heavy atom. The van der Waals surface area contributed by atoms with Crippen LogP contribution in [0, 0.1) is 28.6 Å². The van der Waals surface area contributed by atoms with Crippen LogP contribution in [0.15, 0.2) is 0 Å². The average Bonchev–Trinajstić information content (AvgIpc) is 2.69. The molecular formula is C17H24O5. The highest BCUT2D eigenvalue weighted by Crippen LogP contribution is 2.67. The number of esters is 1. The third-order valence-electron chi connectivity index (χ3n) is 6.21. The number of carbonyl (C=O) groups excluding carboxylic acids is 3. The fourth-order valence-electron chi connectivity index (χ4n) is 5.68. The molecule has 3 saturated carbocycles. The first-order chi connectivity index (χ1) is 10.2. The lowest BCUT2D eigenvalue weighted by molar-refractivity contribution is -0.165. The first-order valence-corrected chi connectivity index (χ1v) is 7.99. The molecule has 0 radical (unpaired) electrons. The van der Waals surface area contributed by atoms with Crippen molar-refractivity contribution in [2.75, 3.05) is 0 Å². The van der Waals surface area contributed by atoms with Crippen LogP contribution >= 0.6 is 0 Å². The topological polar surface area (TPSA) is 69.7 Å². The van der Waals surface area contributed by atoms with E-state index in [0.717, 1.165) is 6.42 Å². The van der Waals surface area contributed by atoms with Crippen LogP contribution in [0.1, 0.15) is 47.0 Å². The molecule has 5 heteroatoms. The number of hydrogen-bond donors (Lipinski definition) is 0. The molecule has 0 saturated heterocycles. The Hall–Kier alpha value is -1.39. The summed E-state index contributed by atoms with van der Waals surface area (Å²) in [6.07, 6.45) is 1.29. The van der Waals surface area contributed by atoms with Crippen molar-refractivity contribution in [1.82, 2.24) is 0 Å². The van der Waals surface area contributed by atoms with E-state index in [2.05, 4.69) is 13.8 Å². The molecule has 3 rings (SSSR count). The summed E-state index contributed by atoms with van der Waals surface area (Å²) in [5, 5.41) is 0. The van der Waals surface area contributed by atoms with Gasteiger partial charge in [-0.3, -0.25) is 14.4 Å². The number of Topliss-reactive ketones (excluding diaryl/α,β-unsaturated/α-hetero) is 1. The summed E-state index contributed by atoms with van der Waals surface area (Å²) in [6.45, 7) is 8.19. The highest BCUT2D eigenvalue weighted by atomic mass is 16.5. The third kappa shape index (κ3) is 2.01. The lowest BCUT2D eigenvalue weighted by Crippen LogP contribution is -2.48. The zero-order chi connectivity index (χ0) is 16.3. The zero-order valence-corrected chi connectivity index (χ0v) is 13.6. The number of hydrogen-bond acceptors (Lipinski definition) is 5. The molecule has 0 aromatic carbocycles. The van der Waals surface area contributed by atoms with Crippen LogP contribution in [0.3, 0.4) is 0 Å². The van der Waals surface area contributed by atoms with Crippen molar-refractivity contribution >= 4 is 18.2 Å². The van der Waals surface area contributed by atoms with Crippen LogP contribution in [0.25, 0.3) is 0 Å². The van der Waals surface area contributed by atoms with Crippen molar-refractivity contribution in [3.05, 3.63) is 0 Å². The molecule has 0 spiro atoms. The van der Waals surface area contributed by atoms with Crippen molar-refractivity contribution in [1.29, 1.82) is 0 Å². The summed E-state index contributed by atoms with van der Waals surface area (Å²) >= 11 is 0. The van der Waals surface area contributed by atoms with Crippen LogP contribution in [0.4, 0.5) is 0 Å². The largest absolute Gasteiger partial charge is 0.464 e. The maximum absolute atomic E-state index is 12.1. The summed E-state index contributed by atoms with van der Waals surface area (Å²) in [5.74, 6) is 0.338. The van der Waals surface area contributed by atoms with Crippen molar-refractivity contribution in [2.24, 2.45) is 28.6 Å². The second-order valence-corrected chi connectivity index (χ2v) is 8.15. The first kappa shape index (κ1) is 15.5. The molecule has 0 aliphatic heterocycles. The maximum Gasteiger partial charge on any atom is 0.302 e. The molecular weight excluding hydrogens is 284 g/mol. The molecule has 122 valence electrons. The Morgan fingerprint density at radius 2 is 1.91 bits per heavy atom. The smallest absolute Gasteiger partial charge is 0.302 e. The number of ether oxygens (including phenoxy) is 2. The molecule has 0 N–H and O–H groups in total. The molecule has 0 aromatic heterocycles. The summed E-state index contributed by atoms with van der Waals surface area (Å²) in [6, 6.07) is 0. The minimum Gasteiger partial charge on any atom is -0.464 e. The minimum atomic E-state index is -0.431. The van der Waals surface area contributed by atoms with E-state index in [4.69, 9.17) is 9.47 Å². The number of fused-ring (bicyclic) bond motifs is 5. The Kier molecular flexibility index (Phi) is 3.38. The molecule has 3 aliphatic rings. The second-order valence-electron chi connectivity index (χ2n) is 8.15. The normalized spacial score (nSPS) is 45.3. The minimum absolute atomic E-state index is 0.0567. The van der Waals surface area contributed by atoms with Gasteiger partial charge in [0.25, 0.3) is 6.47 Å². The summed E-state index contributed by atoms with van der Waals surface area (Å²) in [7, 11) is 0. The van der Waals surface area contributed by atoms with E-state index in [1.807, 2.05) is 6.92 Å². The molecule has 0 unspecified atom stereocenters. The molecule has 2 bridgehead atoms. The molecule has 22 heavy (non-hydrogen) atoms. The lowest BCUT2D eigenvalue weighted by Gasteiger charge is -2.43. The van der Waals surface area contributed by atoms with Crippen molar-refractivity contribution in [3.8, 4) is 0 Å². The van der Waals surface area contributed by atoms with Gasteiger partial charge in [-0.15, -0.1) is 0 Å².